The molecule has 254 valence electrons. The average Bonchev–Trinajstić information content (AvgIpc) is 3.41. The number of fused-ring (bicyclic) bond motifs is 2. The third-order valence-electron chi connectivity index (χ3n) is 9.13. The second kappa shape index (κ2) is 15.0. The van der Waals surface area contributed by atoms with E-state index in [1.165, 1.54) is 0 Å². The van der Waals surface area contributed by atoms with Gasteiger partial charge in [-0.05, 0) is 73.6 Å². The zero-order chi connectivity index (χ0) is 34.5. The van der Waals surface area contributed by atoms with Gasteiger partial charge in [-0.15, -0.1) is 0 Å². The Morgan fingerprint density at radius 3 is 2.49 bits per heavy atom. The van der Waals surface area contributed by atoms with Crippen LogP contribution >= 0.6 is 0 Å². The number of benzene rings is 4. The summed E-state index contributed by atoms with van der Waals surface area (Å²) in [5, 5.41) is 14.1. The monoisotopic (exact) mass is 660 g/mol. The molecule has 0 radical (unpaired) electrons. The standard InChI is InChI=1S/C40H44N4O5/c1-27-22-44(28(2)26-45)40(47)35-21-31(41-39(46)20-30-24-43(4)36-13-9-8-12-34(30)36)16-19-37(35)49-38(27)25-42(3)23-29-14-17-33(18-15-29)48-32-10-6-5-7-11-32/h5-19,21,24,27-28,38,45H,20,22-23,25-26H2,1-4H3,(H,41,46)/t27-,28-,38+/m0/s1. The van der Waals surface area contributed by atoms with Crippen molar-refractivity contribution in [1.29, 1.82) is 0 Å². The molecule has 0 bridgehead atoms. The van der Waals surface area contributed by atoms with Crippen LogP contribution in [0.3, 0.4) is 0 Å². The maximum absolute atomic E-state index is 13.9. The molecule has 2 amide bonds. The number of aliphatic hydroxyl groups is 1. The van der Waals surface area contributed by atoms with Crippen LogP contribution in [0.4, 0.5) is 5.69 Å². The number of carbonyl (C=O) groups excluding carboxylic acids is 2. The van der Waals surface area contributed by atoms with Crippen LogP contribution in [-0.2, 0) is 24.8 Å². The van der Waals surface area contributed by atoms with Gasteiger partial charge in [-0.3, -0.25) is 14.5 Å². The first-order chi connectivity index (χ1) is 23.7. The summed E-state index contributed by atoms with van der Waals surface area (Å²) in [5.74, 6) is 1.59. The molecule has 0 saturated carbocycles. The normalized spacial score (nSPS) is 16.9. The fraction of sp³-hybridized carbons (Fsp3) is 0.300. The van der Waals surface area contributed by atoms with E-state index in [-0.39, 0.29) is 42.9 Å². The Labute approximate surface area is 287 Å². The Morgan fingerprint density at radius 2 is 1.73 bits per heavy atom. The quantitative estimate of drug-likeness (QED) is 0.168. The predicted octanol–water partition coefficient (Wildman–Crippen LogP) is 6.50. The fourth-order valence-corrected chi connectivity index (χ4v) is 6.43. The number of hydrogen-bond donors (Lipinski definition) is 2. The largest absolute Gasteiger partial charge is 0.488 e. The number of nitrogens with one attached hydrogen (secondary N) is 1. The van der Waals surface area contributed by atoms with Gasteiger partial charge in [-0.1, -0.05) is 55.5 Å². The molecule has 1 aromatic heterocycles. The van der Waals surface area contributed by atoms with Crippen LogP contribution in [0.15, 0.2) is 103 Å². The van der Waals surface area contributed by atoms with E-state index in [4.69, 9.17) is 9.47 Å². The number of likely N-dealkylation sites (N-methyl/N-ethyl adjacent to an activating group) is 1. The van der Waals surface area contributed by atoms with Gasteiger partial charge in [0.2, 0.25) is 5.91 Å². The molecular formula is C40H44N4O5. The van der Waals surface area contributed by atoms with Crippen molar-refractivity contribution in [3.8, 4) is 17.2 Å². The highest BCUT2D eigenvalue weighted by molar-refractivity contribution is 6.00. The van der Waals surface area contributed by atoms with Gasteiger partial charge in [0.1, 0.15) is 23.4 Å². The second-order valence-corrected chi connectivity index (χ2v) is 13.1. The Morgan fingerprint density at radius 1 is 1.02 bits per heavy atom. The summed E-state index contributed by atoms with van der Waals surface area (Å²) in [4.78, 5) is 31.0. The lowest BCUT2D eigenvalue weighted by Crippen LogP contribution is -2.49. The number of rotatable bonds is 11. The minimum Gasteiger partial charge on any atom is -0.488 e. The molecule has 2 N–H and O–H groups in total. The van der Waals surface area contributed by atoms with E-state index >= 15 is 0 Å². The number of aromatic nitrogens is 1. The number of ether oxygens (including phenoxy) is 2. The van der Waals surface area contributed by atoms with Gasteiger partial charge in [0.15, 0.2) is 0 Å². The van der Waals surface area contributed by atoms with Crippen LogP contribution in [0.5, 0.6) is 17.2 Å². The molecule has 0 fully saturated rings. The highest BCUT2D eigenvalue weighted by Gasteiger charge is 2.33. The van der Waals surface area contributed by atoms with Gasteiger partial charge >= 0.3 is 0 Å². The molecule has 9 heteroatoms. The highest BCUT2D eigenvalue weighted by atomic mass is 16.5. The predicted molar refractivity (Wildman–Crippen MR) is 192 cm³/mol. The van der Waals surface area contributed by atoms with Crippen LogP contribution in [-0.4, -0.2) is 70.2 Å². The zero-order valence-electron chi connectivity index (χ0n) is 28.5. The summed E-state index contributed by atoms with van der Waals surface area (Å²) in [6, 6.07) is 30.6. The molecule has 5 aromatic rings. The molecule has 0 saturated heterocycles. The Bertz CT molecular complexity index is 1910. The summed E-state index contributed by atoms with van der Waals surface area (Å²) in [6.07, 6.45) is 1.94. The molecular weight excluding hydrogens is 616 g/mol. The molecule has 9 nitrogen and oxygen atoms in total. The van der Waals surface area contributed by atoms with Gasteiger partial charge in [0.25, 0.3) is 5.91 Å². The van der Waals surface area contributed by atoms with Crippen molar-refractivity contribution in [2.45, 2.75) is 39.0 Å². The van der Waals surface area contributed by atoms with Crippen molar-refractivity contribution in [2.75, 3.05) is 32.1 Å². The second-order valence-electron chi connectivity index (χ2n) is 13.1. The first-order valence-electron chi connectivity index (χ1n) is 16.7. The number of nitrogens with zero attached hydrogens (tertiary/aromatic N) is 3. The zero-order valence-corrected chi connectivity index (χ0v) is 28.5. The Hall–Kier alpha value is -5.12. The molecule has 4 aromatic carbocycles. The number of anilines is 1. The van der Waals surface area contributed by atoms with Gasteiger partial charge in [0, 0.05) is 55.4 Å². The summed E-state index contributed by atoms with van der Waals surface area (Å²) >= 11 is 0. The average molecular weight is 661 g/mol. The van der Waals surface area contributed by atoms with Crippen molar-refractivity contribution in [1.82, 2.24) is 14.4 Å². The van der Waals surface area contributed by atoms with Crippen molar-refractivity contribution < 1.29 is 24.2 Å². The Kier molecular flexibility index (Phi) is 10.3. The van der Waals surface area contributed by atoms with Crippen LogP contribution in [0, 0.1) is 5.92 Å². The number of hydrogen-bond acceptors (Lipinski definition) is 6. The van der Waals surface area contributed by atoms with Crippen molar-refractivity contribution in [3.63, 3.8) is 0 Å². The molecule has 6 rings (SSSR count). The van der Waals surface area contributed by atoms with E-state index in [1.54, 1.807) is 23.1 Å². The van der Waals surface area contributed by atoms with Crippen LogP contribution in [0.2, 0.25) is 0 Å². The van der Waals surface area contributed by atoms with E-state index in [2.05, 4.69) is 36.3 Å². The summed E-state index contributed by atoms with van der Waals surface area (Å²) in [7, 11) is 4.02. The van der Waals surface area contributed by atoms with E-state index in [9.17, 15) is 14.7 Å². The molecule has 0 spiro atoms. The van der Waals surface area contributed by atoms with Gasteiger partial charge < -0.3 is 29.4 Å². The lowest BCUT2D eigenvalue weighted by atomic mass is 9.99. The van der Waals surface area contributed by atoms with Crippen LogP contribution < -0.4 is 14.8 Å². The Balaban J connectivity index is 1.16. The molecule has 3 atom stereocenters. The number of carbonyl (C=O) groups is 2. The van der Waals surface area contributed by atoms with Crippen molar-refractivity contribution in [2.24, 2.45) is 13.0 Å². The van der Waals surface area contributed by atoms with Gasteiger partial charge in [-0.25, -0.2) is 0 Å². The maximum atomic E-state index is 13.9. The first kappa shape index (κ1) is 33.8. The molecule has 1 aliphatic rings. The molecule has 1 aliphatic heterocycles. The van der Waals surface area contributed by atoms with Crippen molar-refractivity contribution >= 4 is 28.4 Å². The van der Waals surface area contributed by atoms with Crippen molar-refractivity contribution in [3.05, 3.63) is 120 Å². The topological polar surface area (TPSA) is 96.3 Å². The van der Waals surface area contributed by atoms with Gasteiger partial charge in [0.05, 0.1) is 24.6 Å². The van der Waals surface area contributed by atoms with Gasteiger partial charge in [-0.2, -0.15) is 0 Å². The molecule has 49 heavy (non-hydrogen) atoms. The van der Waals surface area contributed by atoms with E-state index < -0.39 is 0 Å². The fourth-order valence-electron chi connectivity index (χ4n) is 6.43. The van der Waals surface area contributed by atoms with Crippen LogP contribution in [0.1, 0.15) is 35.3 Å². The minimum absolute atomic E-state index is 0.0183. The summed E-state index contributed by atoms with van der Waals surface area (Å²) in [5.41, 5.74) is 4.00. The van der Waals surface area contributed by atoms with E-state index in [1.807, 2.05) is 91.5 Å². The first-order valence-corrected chi connectivity index (χ1v) is 16.7. The van der Waals surface area contributed by atoms with Crippen LogP contribution in [0.25, 0.3) is 10.9 Å². The third-order valence-corrected chi connectivity index (χ3v) is 9.13. The lowest BCUT2D eigenvalue weighted by Gasteiger charge is -2.38. The van der Waals surface area contributed by atoms with E-state index in [0.717, 1.165) is 33.5 Å². The highest BCUT2D eigenvalue weighted by Crippen LogP contribution is 2.31. The van der Waals surface area contributed by atoms with E-state index in [0.29, 0.717) is 36.6 Å². The number of aliphatic hydroxyl groups excluding tert-OH is 1. The summed E-state index contributed by atoms with van der Waals surface area (Å²) in [6.45, 7) is 5.48. The molecule has 0 unspecified atom stereocenters. The SMILES string of the molecule is C[C@H]1CN([C@@H](C)CO)C(=O)c2cc(NC(=O)Cc3cn(C)c4ccccc34)ccc2O[C@@H]1CN(C)Cc1ccc(Oc2ccccc2)cc1. The number of aryl methyl sites for hydroxylation is 1. The number of para-hydroxylation sites is 2. The molecule has 0 aliphatic carbocycles. The third kappa shape index (κ3) is 7.96. The number of amides is 2. The maximum Gasteiger partial charge on any atom is 0.258 e. The smallest absolute Gasteiger partial charge is 0.258 e. The minimum atomic E-state index is -0.388. The molecule has 2 heterocycles. The summed E-state index contributed by atoms with van der Waals surface area (Å²) < 4.78 is 14.6. The lowest BCUT2D eigenvalue weighted by molar-refractivity contribution is -0.115.